The number of halogens is 2. The van der Waals surface area contributed by atoms with Gasteiger partial charge in [0.1, 0.15) is 5.82 Å². The Hall–Kier alpha value is -0.640. The van der Waals surface area contributed by atoms with Gasteiger partial charge >= 0.3 is 0 Å². The van der Waals surface area contributed by atoms with Gasteiger partial charge in [-0.2, -0.15) is 0 Å². The predicted molar refractivity (Wildman–Crippen MR) is 68.6 cm³/mol. The van der Waals surface area contributed by atoms with Crippen LogP contribution < -0.4 is 5.73 Å². The van der Waals surface area contributed by atoms with Crippen LogP contribution in [0.25, 0.3) is 0 Å². The van der Waals surface area contributed by atoms with Crippen molar-refractivity contribution in [1.82, 2.24) is 4.90 Å². The largest absolute Gasteiger partial charge is 0.330 e. The summed E-state index contributed by atoms with van der Waals surface area (Å²) in [5, 5.41) is 0.583. The summed E-state index contributed by atoms with van der Waals surface area (Å²) < 4.78 is 13.9. The quantitative estimate of drug-likeness (QED) is 0.901. The number of nitrogens with two attached hydrogens (primary N) is 1. The van der Waals surface area contributed by atoms with E-state index in [-0.39, 0.29) is 11.9 Å². The minimum absolute atomic E-state index is 0.0729. The lowest BCUT2D eigenvalue weighted by Crippen LogP contribution is -2.28. The molecule has 2 unspecified atom stereocenters. The van der Waals surface area contributed by atoms with Gasteiger partial charge in [-0.25, -0.2) is 4.39 Å². The zero-order valence-corrected chi connectivity index (χ0v) is 10.8. The van der Waals surface area contributed by atoms with Gasteiger partial charge in [0.25, 0.3) is 0 Å². The fourth-order valence-electron chi connectivity index (χ4n) is 2.72. The average Bonchev–Trinajstić information content (AvgIpc) is 2.74. The number of likely N-dealkylation sites (tertiary alicyclic amines) is 1. The minimum Gasteiger partial charge on any atom is -0.330 e. The first-order chi connectivity index (χ1) is 8.17. The van der Waals surface area contributed by atoms with Gasteiger partial charge in [0.15, 0.2) is 0 Å². The van der Waals surface area contributed by atoms with E-state index in [4.69, 9.17) is 17.3 Å². The molecule has 0 amide bonds. The molecule has 1 heterocycles. The second-order valence-electron chi connectivity index (χ2n) is 4.52. The van der Waals surface area contributed by atoms with E-state index in [0.29, 0.717) is 23.0 Å². The van der Waals surface area contributed by atoms with Crippen LogP contribution in [0.1, 0.15) is 24.9 Å². The van der Waals surface area contributed by atoms with Gasteiger partial charge in [0.2, 0.25) is 0 Å². The van der Waals surface area contributed by atoms with E-state index >= 15 is 0 Å². The second kappa shape index (κ2) is 5.34. The Morgan fingerprint density at radius 1 is 1.53 bits per heavy atom. The van der Waals surface area contributed by atoms with Crippen molar-refractivity contribution in [1.29, 1.82) is 0 Å². The topological polar surface area (TPSA) is 29.3 Å². The zero-order valence-electron chi connectivity index (χ0n) is 10.00. The van der Waals surface area contributed by atoms with Crippen LogP contribution in [0.3, 0.4) is 0 Å². The van der Waals surface area contributed by atoms with Crippen molar-refractivity contribution in [2.75, 3.05) is 19.6 Å². The molecule has 0 spiro atoms. The van der Waals surface area contributed by atoms with E-state index < -0.39 is 0 Å². The van der Waals surface area contributed by atoms with Crippen LogP contribution in [0.4, 0.5) is 4.39 Å². The first kappa shape index (κ1) is 12.8. The third-order valence-corrected chi connectivity index (χ3v) is 3.85. The summed E-state index contributed by atoms with van der Waals surface area (Å²) >= 11 is 5.96. The maximum atomic E-state index is 13.9. The van der Waals surface area contributed by atoms with Crippen LogP contribution in [-0.4, -0.2) is 24.5 Å². The maximum absolute atomic E-state index is 13.9. The second-order valence-corrected chi connectivity index (χ2v) is 4.96. The molecule has 4 heteroatoms. The van der Waals surface area contributed by atoms with Crippen LogP contribution in [0, 0.1) is 11.7 Å². The van der Waals surface area contributed by atoms with E-state index in [1.54, 1.807) is 12.1 Å². The Morgan fingerprint density at radius 2 is 2.29 bits per heavy atom. The SMILES string of the molecule is CCN1CCC(CN)C1c1cc(Cl)ccc1F. The summed E-state index contributed by atoms with van der Waals surface area (Å²) in [5.41, 5.74) is 6.47. The highest BCUT2D eigenvalue weighted by molar-refractivity contribution is 6.30. The Kier molecular flexibility index (Phi) is 4.02. The van der Waals surface area contributed by atoms with Crippen molar-refractivity contribution in [3.05, 3.63) is 34.6 Å². The Balaban J connectivity index is 2.37. The molecule has 2 nitrogen and oxygen atoms in total. The zero-order chi connectivity index (χ0) is 12.4. The minimum atomic E-state index is -0.182. The fourth-order valence-corrected chi connectivity index (χ4v) is 2.90. The molecule has 2 atom stereocenters. The molecule has 1 saturated heterocycles. The molecule has 1 aliphatic rings. The summed E-state index contributed by atoms with van der Waals surface area (Å²) in [7, 11) is 0. The van der Waals surface area contributed by atoms with E-state index in [9.17, 15) is 4.39 Å². The van der Waals surface area contributed by atoms with Gasteiger partial charge in [0.05, 0.1) is 0 Å². The number of hydrogen-bond acceptors (Lipinski definition) is 2. The normalized spacial score (nSPS) is 25.4. The van der Waals surface area contributed by atoms with E-state index in [0.717, 1.165) is 19.5 Å². The number of nitrogens with zero attached hydrogens (tertiary/aromatic N) is 1. The third kappa shape index (κ3) is 2.46. The highest BCUT2D eigenvalue weighted by atomic mass is 35.5. The lowest BCUT2D eigenvalue weighted by molar-refractivity contribution is 0.236. The molecule has 2 rings (SSSR count). The van der Waals surface area contributed by atoms with E-state index in [1.807, 2.05) is 0 Å². The molecule has 0 aromatic heterocycles. The molecule has 1 fully saturated rings. The molecule has 2 N–H and O–H groups in total. The predicted octanol–water partition coefficient (Wildman–Crippen LogP) is 2.82. The molecule has 1 aromatic carbocycles. The van der Waals surface area contributed by atoms with Gasteiger partial charge in [-0.05, 0) is 50.2 Å². The fraction of sp³-hybridized carbons (Fsp3) is 0.538. The van der Waals surface area contributed by atoms with Gasteiger partial charge in [-0.1, -0.05) is 18.5 Å². The maximum Gasteiger partial charge on any atom is 0.128 e. The van der Waals surface area contributed by atoms with Crippen LogP contribution in [-0.2, 0) is 0 Å². The third-order valence-electron chi connectivity index (χ3n) is 3.61. The lowest BCUT2D eigenvalue weighted by Gasteiger charge is -2.27. The van der Waals surface area contributed by atoms with Gasteiger partial charge in [0, 0.05) is 16.6 Å². The first-order valence-electron chi connectivity index (χ1n) is 6.06. The van der Waals surface area contributed by atoms with Crippen molar-refractivity contribution < 1.29 is 4.39 Å². The van der Waals surface area contributed by atoms with E-state index in [1.165, 1.54) is 6.07 Å². The van der Waals surface area contributed by atoms with Crippen molar-refractivity contribution in [3.63, 3.8) is 0 Å². The number of benzene rings is 1. The molecule has 1 aliphatic heterocycles. The Morgan fingerprint density at radius 3 is 2.94 bits per heavy atom. The van der Waals surface area contributed by atoms with Crippen molar-refractivity contribution >= 4 is 11.6 Å². The smallest absolute Gasteiger partial charge is 0.128 e. The molecule has 0 radical (unpaired) electrons. The van der Waals surface area contributed by atoms with Gasteiger partial charge < -0.3 is 5.73 Å². The molecule has 94 valence electrons. The van der Waals surface area contributed by atoms with Gasteiger partial charge in [-0.15, -0.1) is 0 Å². The van der Waals surface area contributed by atoms with Crippen molar-refractivity contribution in [2.45, 2.75) is 19.4 Å². The monoisotopic (exact) mass is 256 g/mol. The highest BCUT2D eigenvalue weighted by Gasteiger charge is 2.34. The average molecular weight is 257 g/mol. The first-order valence-corrected chi connectivity index (χ1v) is 6.44. The van der Waals surface area contributed by atoms with Crippen LogP contribution in [0.15, 0.2) is 18.2 Å². The standard InChI is InChI=1S/C13H18ClFN2/c1-2-17-6-5-9(8-16)13(17)11-7-10(14)3-4-12(11)15/h3-4,7,9,13H,2,5-6,8,16H2,1H3. The summed E-state index contributed by atoms with van der Waals surface area (Å²) in [5.74, 6) is 0.140. The van der Waals surface area contributed by atoms with E-state index in [2.05, 4.69) is 11.8 Å². The molecule has 0 bridgehead atoms. The molecule has 0 aliphatic carbocycles. The van der Waals surface area contributed by atoms with Gasteiger partial charge in [-0.3, -0.25) is 4.90 Å². The Bertz CT molecular complexity index is 385. The summed E-state index contributed by atoms with van der Waals surface area (Å²) in [6.07, 6.45) is 1.03. The number of hydrogen-bond donors (Lipinski definition) is 1. The number of rotatable bonds is 3. The summed E-state index contributed by atoms with van der Waals surface area (Å²) in [4.78, 5) is 2.27. The summed E-state index contributed by atoms with van der Waals surface area (Å²) in [6, 6.07) is 4.84. The molecule has 17 heavy (non-hydrogen) atoms. The van der Waals surface area contributed by atoms with Crippen molar-refractivity contribution in [3.8, 4) is 0 Å². The summed E-state index contributed by atoms with van der Waals surface area (Å²) in [6.45, 7) is 4.57. The van der Waals surface area contributed by atoms with Crippen molar-refractivity contribution in [2.24, 2.45) is 11.7 Å². The highest BCUT2D eigenvalue weighted by Crippen LogP contribution is 2.38. The lowest BCUT2D eigenvalue weighted by atomic mass is 9.93. The Labute approximate surface area is 107 Å². The molecular weight excluding hydrogens is 239 g/mol. The van der Waals surface area contributed by atoms with Crippen LogP contribution in [0.2, 0.25) is 5.02 Å². The van der Waals surface area contributed by atoms with Crippen LogP contribution >= 0.6 is 11.6 Å². The molecule has 0 saturated carbocycles. The molecular formula is C13H18ClFN2. The van der Waals surface area contributed by atoms with Crippen LogP contribution in [0.5, 0.6) is 0 Å². The molecule has 1 aromatic rings.